The Morgan fingerprint density at radius 2 is 1.04 bits per heavy atom. The van der Waals surface area contributed by atoms with E-state index in [1.165, 1.54) is 31.5 Å². The molecule has 0 aliphatic carbocycles. The number of aldehydes is 1. The standard InChI is InChI=1S/C20H32N2O.C15H22O2.C5H12N2/c1-19(2,3)14-12-15(17(23)16(13-14)20(4,5)6)18-21-8-7-9-22(18)11-10-21;1-14(2,3)11-7-10(9-16)13(17)12(8-11)15(4,5)6;1-2-6-4-5-7-3-1/h12-13,18,23H,7-11H2,1-6H3;7-9,17H,1-6H3;6-7H,1-5H2. The lowest BCUT2D eigenvalue weighted by atomic mass is 9.78. The molecule has 4 N–H and O–H groups in total. The molecular weight excluding hydrogens is 584 g/mol. The third-order valence-electron chi connectivity index (χ3n) is 9.47. The predicted molar refractivity (Wildman–Crippen MR) is 197 cm³/mol. The lowest BCUT2D eigenvalue weighted by molar-refractivity contribution is 0.0902. The largest absolute Gasteiger partial charge is 0.507 e. The van der Waals surface area contributed by atoms with E-state index < -0.39 is 0 Å². The Kier molecular flexibility index (Phi) is 12.8. The van der Waals surface area contributed by atoms with Gasteiger partial charge in [-0.05, 0) is 76.4 Å². The van der Waals surface area contributed by atoms with Crippen LogP contribution in [0.3, 0.4) is 0 Å². The molecule has 0 radical (unpaired) electrons. The van der Waals surface area contributed by atoms with Crippen LogP contribution in [0.1, 0.15) is 140 Å². The summed E-state index contributed by atoms with van der Waals surface area (Å²) in [5.74, 6) is 0.620. The van der Waals surface area contributed by atoms with E-state index in [9.17, 15) is 15.0 Å². The molecule has 5 rings (SSSR count). The number of fused-ring (bicyclic) bond motifs is 2. The molecule has 3 saturated heterocycles. The maximum Gasteiger partial charge on any atom is 0.153 e. The molecule has 47 heavy (non-hydrogen) atoms. The molecule has 0 aromatic heterocycles. The van der Waals surface area contributed by atoms with Crippen LogP contribution >= 0.6 is 0 Å². The fourth-order valence-corrected chi connectivity index (χ4v) is 6.45. The zero-order valence-corrected chi connectivity index (χ0v) is 31.7. The average Bonchev–Trinajstić information content (AvgIpc) is 3.15. The van der Waals surface area contributed by atoms with Gasteiger partial charge in [0, 0.05) is 50.4 Å². The van der Waals surface area contributed by atoms with Crippen molar-refractivity contribution in [1.82, 2.24) is 20.4 Å². The van der Waals surface area contributed by atoms with Gasteiger partial charge in [-0.25, -0.2) is 0 Å². The maximum atomic E-state index is 11.1. The van der Waals surface area contributed by atoms with E-state index in [0.29, 0.717) is 11.3 Å². The van der Waals surface area contributed by atoms with Crippen LogP contribution in [-0.4, -0.2) is 78.7 Å². The molecule has 7 heteroatoms. The number of phenolic OH excluding ortho intramolecular Hbond substituents is 2. The molecule has 2 aromatic carbocycles. The van der Waals surface area contributed by atoms with Crippen molar-refractivity contribution in [1.29, 1.82) is 0 Å². The van der Waals surface area contributed by atoms with Crippen LogP contribution in [0.25, 0.3) is 0 Å². The molecule has 2 aromatic rings. The van der Waals surface area contributed by atoms with Crippen LogP contribution in [-0.2, 0) is 21.7 Å². The second kappa shape index (κ2) is 15.4. The fraction of sp³-hybridized carbons (Fsp3) is 0.675. The predicted octanol–water partition coefficient (Wildman–Crippen LogP) is 7.38. The van der Waals surface area contributed by atoms with Gasteiger partial charge in [-0.3, -0.25) is 14.6 Å². The quantitative estimate of drug-likeness (QED) is 0.253. The van der Waals surface area contributed by atoms with E-state index in [4.69, 9.17) is 0 Å². The lowest BCUT2D eigenvalue weighted by Crippen LogP contribution is -2.38. The molecule has 0 spiro atoms. The summed E-state index contributed by atoms with van der Waals surface area (Å²) in [6, 6.07) is 8.25. The minimum atomic E-state index is -0.177. The van der Waals surface area contributed by atoms with Crippen molar-refractivity contribution in [2.75, 3.05) is 52.4 Å². The van der Waals surface area contributed by atoms with Crippen LogP contribution in [0.4, 0.5) is 0 Å². The highest BCUT2D eigenvalue weighted by Gasteiger charge is 2.39. The number of hydrogen-bond acceptors (Lipinski definition) is 7. The maximum absolute atomic E-state index is 11.1. The van der Waals surface area contributed by atoms with Crippen molar-refractivity contribution in [3.63, 3.8) is 0 Å². The summed E-state index contributed by atoms with van der Waals surface area (Å²) in [6.45, 7) is 34.9. The summed E-state index contributed by atoms with van der Waals surface area (Å²) in [5, 5.41) is 27.7. The highest BCUT2D eigenvalue weighted by atomic mass is 16.3. The van der Waals surface area contributed by atoms with Crippen LogP contribution < -0.4 is 10.6 Å². The van der Waals surface area contributed by atoms with E-state index in [0.717, 1.165) is 67.8 Å². The van der Waals surface area contributed by atoms with Gasteiger partial charge in [0.2, 0.25) is 0 Å². The van der Waals surface area contributed by atoms with Crippen LogP contribution in [0, 0.1) is 0 Å². The van der Waals surface area contributed by atoms with Crippen molar-refractivity contribution in [2.24, 2.45) is 0 Å². The molecule has 0 saturated carbocycles. The minimum Gasteiger partial charge on any atom is -0.507 e. The van der Waals surface area contributed by atoms with Gasteiger partial charge in [0.1, 0.15) is 11.5 Å². The number of aromatic hydroxyl groups is 2. The van der Waals surface area contributed by atoms with Gasteiger partial charge in [0.05, 0.1) is 11.7 Å². The summed E-state index contributed by atoms with van der Waals surface area (Å²) >= 11 is 0. The van der Waals surface area contributed by atoms with Crippen molar-refractivity contribution >= 4 is 6.29 Å². The molecule has 3 aliphatic rings. The van der Waals surface area contributed by atoms with Crippen molar-refractivity contribution < 1.29 is 15.0 Å². The van der Waals surface area contributed by atoms with E-state index in [-0.39, 0.29) is 33.6 Å². The molecule has 3 aliphatic heterocycles. The number of nitrogens with one attached hydrogen (secondary N) is 2. The van der Waals surface area contributed by atoms with Gasteiger partial charge in [-0.1, -0.05) is 95.2 Å². The highest BCUT2D eigenvalue weighted by Crippen LogP contribution is 2.44. The highest BCUT2D eigenvalue weighted by molar-refractivity contribution is 5.81. The number of phenols is 2. The summed E-state index contributed by atoms with van der Waals surface area (Å²) in [4.78, 5) is 16.1. The molecule has 2 unspecified atom stereocenters. The normalized spacial score (nSPS) is 21.9. The molecular formula is C40H66N4O3. The van der Waals surface area contributed by atoms with E-state index >= 15 is 0 Å². The van der Waals surface area contributed by atoms with E-state index in [1.54, 1.807) is 6.07 Å². The first-order chi connectivity index (χ1) is 21.7. The smallest absolute Gasteiger partial charge is 0.153 e. The van der Waals surface area contributed by atoms with Crippen LogP contribution in [0.2, 0.25) is 0 Å². The van der Waals surface area contributed by atoms with Crippen LogP contribution in [0.15, 0.2) is 24.3 Å². The van der Waals surface area contributed by atoms with Crippen molar-refractivity contribution in [3.05, 3.63) is 57.6 Å². The first kappa shape index (κ1) is 39.0. The minimum absolute atomic E-state index is 0.0362. The number of rotatable bonds is 2. The first-order valence-corrected chi connectivity index (χ1v) is 17.8. The Hall–Kier alpha value is -2.45. The first-order valence-electron chi connectivity index (χ1n) is 17.8. The number of carbonyl (C=O) groups is 1. The summed E-state index contributed by atoms with van der Waals surface area (Å²) in [7, 11) is 0. The Morgan fingerprint density at radius 1 is 0.596 bits per heavy atom. The number of carbonyl (C=O) groups excluding carboxylic acids is 1. The van der Waals surface area contributed by atoms with Gasteiger partial charge in [-0.15, -0.1) is 0 Å². The van der Waals surface area contributed by atoms with Gasteiger partial charge in [0.15, 0.2) is 6.29 Å². The zero-order chi connectivity index (χ0) is 35.4. The zero-order valence-electron chi connectivity index (χ0n) is 31.7. The Labute approximate surface area is 286 Å². The van der Waals surface area contributed by atoms with Gasteiger partial charge < -0.3 is 20.8 Å². The third-order valence-corrected chi connectivity index (χ3v) is 9.47. The second-order valence-electron chi connectivity index (χ2n) is 17.7. The molecule has 2 atom stereocenters. The van der Waals surface area contributed by atoms with Crippen LogP contribution in [0.5, 0.6) is 11.5 Å². The number of nitrogens with zero attached hydrogens (tertiary/aromatic N) is 2. The Balaban J connectivity index is 0.000000218. The van der Waals surface area contributed by atoms with Gasteiger partial charge in [-0.2, -0.15) is 0 Å². The monoisotopic (exact) mass is 651 g/mol. The summed E-state index contributed by atoms with van der Waals surface area (Å²) < 4.78 is 0. The third kappa shape index (κ3) is 10.3. The second-order valence-corrected chi connectivity index (χ2v) is 17.7. The lowest BCUT2D eigenvalue weighted by Gasteiger charge is -2.37. The SMILES string of the molecule is C1CNCCNC1.CC(C)(C)c1cc(C2N3CCCN2CC3)c(O)c(C(C)(C)C)c1.CC(C)(C)c1cc(C=O)c(O)c(C(C)(C)C)c1. The van der Waals surface area contributed by atoms with Crippen molar-refractivity contribution in [3.8, 4) is 11.5 Å². The van der Waals surface area contributed by atoms with E-state index in [2.05, 4.69) is 94.9 Å². The molecule has 3 fully saturated rings. The topological polar surface area (TPSA) is 88.1 Å². The number of benzene rings is 2. The average molecular weight is 651 g/mol. The molecule has 0 amide bonds. The van der Waals surface area contributed by atoms with Crippen molar-refractivity contribution in [2.45, 2.75) is 124 Å². The number of hydrogen-bond donors (Lipinski definition) is 4. The van der Waals surface area contributed by atoms with Gasteiger partial charge >= 0.3 is 0 Å². The molecule has 2 bridgehead atoms. The Morgan fingerprint density at radius 3 is 1.47 bits per heavy atom. The Bertz CT molecular complexity index is 1310. The summed E-state index contributed by atoms with van der Waals surface area (Å²) in [5.41, 5.74) is 5.60. The van der Waals surface area contributed by atoms with Gasteiger partial charge in [0.25, 0.3) is 0 Å². The molecule has 7 nitrogen and oxygen atoms in total. The molecule has 264 valence electrons. The van der Waals surface area contributed by atoms with E-state index in [1.807, 2.05) is 26.8 Å². The molecule has 3 heterocycles. The summed E-state index contributed by atoms with van der Waals surface area (Å²) in [6.07, 6.45) is 3.49. The fourth-order valence-electron chi connectivity index (χ4n) is 6.45.